The minimum absolute atomic E-state index is 0.0611. The summed E-state index contributed by atoms with van der Waals surface area (Å²) >= 11 is 5.80. The maximum atomic E-state index is 12.5. The number of rotatable bonds is 1. The van der Waals surface area contributed by atoms with E-state index in [4.69, 9.17) is 11.6 Å². The zero-order chi connectivity index (χ0) is 13.4. The van der Waals surface area contributed by atoms with Crippen molar-refractivity contribution in [2.45, 2.75) is 31.8 Å². The lowest BCUT2D eigenvalue weighted by Crippen LogP contribution is -2.56. The van der Waals surface area contributed by atoms with Gasteiger partial charge in [0.15, 0.2) is 0 Å². The van der Waals surface area contributed by atoms with Crippen molar-refractivity contribution in [3.63, 3.8) is 0 Å². The van der Waals surface area contributed by atoms with Gasteiger partial charge in [-0.05, 0) is 26.3 Å². The Morgan fingerprint density at radius 1 is 1.42 bits per heavy atom. The Hall–Kier alpha value is -1.20. The lowest BCUT2D eigenvalue weighted by Gasteiger charge is -2.42. The molecule has 0 spiro atoms. The average Bonchev–Trinajstić information content (AvgIpc) is 2.84. The molecule has 1 amide bonds. The zero-order valence-corrected chi connectivity index (χ0v) is 11.7. The third kappa shape index (κ3) is 2.44. The van der Waals surface area contributed by atoms with E-state index < -0.39 is 0 Å². The van der Waals surface area contributed by atoms with Crippen LogP contribution < -0.4 is 0 Å². The first-order chi connectivity index (χ1) is 9.15. The van der Waals surface area contributed by atoms with E-state index in [1.807, 2.05) is 4.90 Å². The summed E-state index contributed by atoms with van der Waals surface area (Å²) in [4.78, 5) is 24.9. The summed E-state index contributed by atoms with van der Waals surface area (Å²) in [7, 11) is 0. The van der Waals surface area contributed by atoms with Crippen LogP contribution in [0.1, 0.15) is 30.3 Å². The maximum absolute atomic E-state index is 12.5. The Kier molecular flexibility index (Phi) is 3.41. The molecule has 0 radical (unpaired) electrons. The number of carbonyl (C=O) groups excluding carboxylic acids is 1. The van der Waals surface area contributed by atoms with E-state index in [0.29, 0.717) is 11.7 Å². The molecule has 0 saturated carbocycles. The first-order valence-electron chi connectivity index (χ1n) is 6.67. The fraction of sp³-hybridized carbons (Fsp3) is 0.615. The SMILES string of the molecule is CC1CN2CCCC2CN1C(=O)c1cncc(Cl)n1. The van der Waals surface area contributed by atoms with Gasteiger partial charge in [0, 0.05) is 25.2 Å². The molecule has 5 nitrogen and oxygen atoms in total. The number of hydrogen-bond donors (Lipinski definition) is 0. The number of fused-ring (bicyclic) bond motifs is 1. The number of amides is 1. The number of halogens is 1. The minimum Gasteiger partial charge on any atom is -0.332 e. The second-order valence-electron chi connectivity index (χ2n) is 5.32. The number of carbonyl (C=O) groups is 1. The van der Waals surface area contributed by atoms with E-state index >= 15 is 0 Å². The molecule has 2 aliphatic rings. The van der Waals surface area contributed by atoms with E-state index in [-0.39, 0.29) is 17.1 Å². The van der Waals surface area contributed by atoms with Gasteiger partial charge < -0.3 is 4.90 Å². The summed E-state index contributed by atoms with van der Waals surface area (Å²) in [6, 6.07) is 0.718. The molecule has 0 N–H and O–H groups in total. The van der Waals surface area contributed by atoms with Gasteiger partial charge in [-0.15, -0.1) is 0 Å². The molecule has 102 valence electrons. The molecule has 3 heterocycles. The molecular weight excluding hydrogens is 264 g/mol. The van der Waals surface area contributed by atoms with Gasteiger partial charge in [0.2, 0.25) is 0 Å². The fourth-order valence-corrected chi connectivity index (χ4v) is 3.21. The predicted octanol–water partition coefficient (Wildman–Crippen LogP) is 1.44. The molecule has 0 bridgehead atoms. The van der Waals surface area contributed by atoms with Crippen LogP contribution in [0.3, 0.4) is 0 Å². The highest BCUT2D eigenvalue weighted by atomic mass is 35.5. The number of nitrogens with zero attached hydrogens (tertiary/aromatic N) is 4. The Balaban J connectivity index is 1.79. The van der Waals surface area contributed by atoms with Gasteiger partial charge in [-0.3, -0.25) is 14.7 Å². The van der Waals surface area contributed by atoms with Crippen molar-refractivity contribution in [1.29, 1.82) is 0 Å². The monoisotopic (exact) mass is 280 g/mol. The van der Waals surface area contributed by atoms with Gasteiger partial charge in [-0.2, -0.15) is 0 Å². The first kappa shape index (κ1) is 12.8. The van der Waals surface area contributed by atoms with Crippen molar-refractivity contribution in [3.8, 4) is 0 Å². The molecule has 2 unspecified atom stereocenters. The van der Waals surface area contributed by atoms with Crippen LogP contribution in [0.4, 0.5) is 0 Å². The van der Waals surface area contributed by atoms with E-state index in [2.05, 4.69) is 21.8 Å². The van der Waals surface area contributed by atoms with Crippen molar-refractivity contribution in [2.24, 2.45) is 0 Å². The molecule has 2 saturated heterocycles. The van der Waals surface area contributed by atoms with Crippen LogP contribution in [0.2, 0.25) is 5.15 Å². The number of aromatic nitrogens is 2. The minimum atomic E-state index is -0.0611. The topological polar surface area (TPSA) is 49.3 Å². The van der Waals surface area contributed by atoms with Gasteiger partial charge in [-0.25, -0.2) is 4.98 Å². The van der Waals surface area contributed by atoms with Gasteiger partial charge in [0.25, 0.3) is 5.91 Å². The van der Waals surface area contributed by atoms with Crippen LogP contribution in [0.25, 0.3) is 0 Å². The number of hydrogen-bond acceptors (Lipinski definition) is 4. The van der Waals surface area contributed by atoms with Crippen molar-refractivity contribution >= 4 is 17.5 Å². The summed E-state index contributed by atoms with van der Waals surface area (Å²) in [5.74, 6) is -0.0611. The Morgan fingerprint density at radius 2 is 2.26 bits per heavy atom. The molecule has 0 aromatic carbocycles. The Labute approximate surface area is 117 Å². The standard InChI is InChI=1S/C13H17ClN4O/c1-9-7-17-4-2-3-10(17)8-18(9)13(19)11-5-15-6-12(14)16-11/h5-6,9-10H,2-4,7-8H2,1H3. The highest BCUT2D eigenvalue weighted by Gasteiger charge is 2.37. The molecule has 3 rings (SSSR count). The summed E-state index contributed by atoms with van der Waals surface area (Å²) in [5, 5.41) is 0.262. The molecule has 1 aromatic heterocycles. The smallest absolute Gasteiger partial charge is 0.274 e. The van der Waals surface area contributed by atoms with E-state index in [0.717, 1.165) is 19.6 Å². The van der Waals surface area contributed by atoms with Crippen molar-refractivity contribution in [3.05, 3.63) is 23.2 Å². The summed E-state index contributed by atoms with van der Waals surface area (Å²) in [5.41, 5.74) is 0.339. The molecular formula is C13H17ClN4O. The molecule has 6 heteroatoms. The van der Waals surface area contributed by atoms with E-state index in [9.17, 15) is 4.79 Å². The molecule has 2 fully saturated rings. The third-order valence-electron chi connectivity index (χ3n) is 4.02. The molecule has 0 aliphatic carbocycles. The second-order valence-corrected chi connectivity index (χ2v) is 5.71. The zero-order valence-electron chi connectivity index (χ0n) is 10.9. The van der Waals surface area contributed by atoms with Crippen LogP contribution in [-0.2, 0) is 0 Å². The predicted molar refractivity (Wildman–Crippen MR) is 72.1 cm³/mol. The fourth-order valence-electron chi connectivity index (χ4n) is 3.06. The van der Waals surface area contributed by atoms with Gasteiger partial charge >= 0.3 is 0 Å². The highest BCUT2D eigenvalue weighted by molar-refractivity contribution is 6.29. The van der Waals surface area contributed by atoms with Gasteiger partial charge in [-0.1, -0.05) is 11.6 Å². The Morgan fingerprint density at radius 3 is 3.05 bits per heavy atom. The van der Waals surface area contributed by atoms with Crippen LogP contribution in [-0.4, -0.2) is 57.4 Å². The van der Waals surface area contributed by atoms with E-state index in [1.54, 1.807) is 0 Å². The molecule has 2 aliphatic heterocycles. The Bertz CT molecular complexity index is 495. The average molecular weight is 281 g/mol. The van der Waals surface area contributed by atoms with Crippen LogP contribution in [0.5, 0.6) is 0 Å². The van der Waals surface area contributed by atoms with E-state index in [1.165, 1.54) is 25.2 Å². The molecule has 19 heavy (non-hydrogen) atoms. The van der Waals surface area contributed by atoms with Gasteiger partial charge in [0.05, 0.1) is 12.4 Å². The quantitative estimate of drug-likeness (QED) is 0.781. The lowest BCUT2D eigenvalue weighted by molar-refractivity contribution is 0.0390. The largest absolute Gasteiger partial charge is 0.332 e. The van der Waals surface area contributed by atoms with Crippen molar-refractivity contribution in [1.82, 2.24) is 19.8 Å². The number of piperazine rings is 1. The highest BCUT2D eigenvalue weighted by Crippen LogP contribution is 2.25. The maximum Gasteiger partial charge on any atom is 0.274 e. The normalized spacial score (nSPS) is 27.4. The van der Waals surface area contributed by atoms with Crippen molar-refractivity contribution < 1.29 is 4.79 Å². The summed E-state index contributed by atoms with van der Waals surface area (Å²) in [6.45, 7) is 4.98. The third-order valence-corrected chi connectivity index (χ3v) is 4.20. The lowest BCUT2D eigenvalue weighted by atomic mass is 10.1. The van der Waals surface area contributed by atoms with Crippen LogP contribution in [0.15, 0.2) is 12.4 Å². The van der Waals surface area contributed by atoms with Crippen molar-refractivity contribution in [2.75, 3.05) is 19.6 Å². The van der Waals surface area contributed by atoms with Gasteiger partial charge in [0.1, 0.15) is 10.8 Å². The molecule has 2 atom stereocenters. The summed E-state index contributed by atoms with van der Waals surface area (Å²) < 4.78 is 0. The second kappa shape index (κ2) is 5.06. The summed E-state index contributed by atoms with van der Waals surface area (Å²) in [6.07, 6.45) is 5.34. The van der Waals surface area contributed by atoms with Crippen LogP contribution >= 0.6 is 11.6 Å². The van der Waals surface area contributed by atoms with Crippen LogP contribution in [0, 0.1) is 0 Å². The molecule has 1 aromatic rings. The first-order valence-corrected chi connectivity index (χ1v) is 7.05.